The van der Waals surface area contributed by atoms with Gasteiger partial charge >= 0.3 is 6.09 Å². The number of carbonyl (C=O) groups excluding carboxylic acids is 1. The summed E-state index contributed by atoms with van der Waals surface area (Å²) in [5.74, 6) is 2.54. The monoisotopic (exact) mass is 442 g/mol. The van der Waals surface area contributed by atoms with Gasteiger partial charge in [0.05, 0.1) is 26.0 Å². The Bertz CT molecular complexity index is 845. The average Bonchev–Trinajstić information content (AvgIpc) is 3.32. The lowest BCUT2D eigenvalue weighted by molar-refractivity contribution is 0.0963. The van der Waals surface area contributed by atoms with E-state index in [9.17, 15) is 4.79 Å². The molecule has 0 saturated carbocycles. The van der Waals surface area contributed by atoms with Crippen LogP contribution >= 0.6 is 0 Å². The first kappa shape index (κ1) is 23.5. The maximum atomic E-state index is 12.0. The van der Waals surface area contributed by atoms with Gasteiger partial charge in [-0.25, -0.2) is 9.79 Å². The molecule has 2 aromatic rings. The molecule has 0 aliphatic carbocycles. The van der Waals surface area contributed by atoms with Crippen molar-refractivity contribution in [1.82, 2.24) is 15.5 Å². The van der Waals surface area contributed by atoms with E-state index < -0.39 is 0 Å². The van der Waals surface area contributed by atoms with Crippen molar-refractivity contribution in [2.75, 3.05) is 32.8 Å². The average molecular weight is 443 g/mol. The quantitative estimate of drug-likeness (QED) is 0.456. The zero-order chi connectivity index (χ0) is 22.6. The molecule has 32 heavy (non-hydrogen) atoms. The molecule has 8 heteroatoms. The highest BCUT2D eigenvalue weighted by atomic mass is 16.6. The topological polar surface area (TPSA) is 88.3 Å². The molecule has 1 aromatic carbocycles. The number of guanidine groups is 1. The highest BCUT2D eigenvalue weighted by Crippen LogP contribution is 2.19. The number of nitrogens with one attached hydrogen (secondary N) is 2. The maximum Gasteiger partial charge on any atom is 0.409 e. The summed E-state index contributed by atoms with van der Waals surface area (Å²) in [4.78, 5) is 18.5. The Balaban J connectivity index is 1.60. The summed E-state index contributed by atoms with van der Waals surface area (Å²) >= 11 is 0. The Morgan fingerprint density at radius 2 is 1.97 bits per heavy atom. The fourth-order valence-electron chi connectivity index (χ4n) is 3.62. The van der Waals surface area contributed by atoms with Crippen LogP contribution in [0.3, 0.4) is 0 Å². The molecule has 1 fully saturated rings. The molecule has 0 spiro atoms. The molecule has 8 nitrogen and oxygen atoms in total. The van der Waals surface area contributed by atoms with E-state index in [2.05, 4.69) is 10.6 Å². The summed E-state index contributed by atoms with van der Waals surface area (Å²) in [5, 5.41) is 6.95. The van der Waals surface area contributed by atoms with Crippen molar-refractivity contribution in [2.24, 2.45) is 4.99 Å². The molecular weight excluding hydrogens is 408 g/mol. The second-order valence-electron chi connectivity index (χ2n) is 7.57. The van der Waals surface area contributed by atoms with E-state index in [0.29, 0.717) is 39.4 Å². The van der Waals surface area contributed by atoms with Gasteiger partial charge < -0.3 is 29.4 Å². The molecular formula is C24H34N4O4. The van der Waals surface area contributed by atoms with Crippen molar-refractivity contribution in [3.63, 3.8) is 0 Å². The minimum absolute atomic E-state index is 0.232. The van der Waals surface area contributed by atoms with Crippen molar-refractivity contribution >= 4 is 12.1 Å². The van der Waals surface area contributed by atoms with Crippen molar-refractivity contribution in [3.05, 3.63) is 54.0 Å². The molecule has 2 N–H and O–H groups in total. The minimum atomic E-state index is -0.232. The SMILES string of the molecule is CCOC(=O)N1CCC(NC(=NCc2ccccc2OCC)NCCc2ccco2)CC1. The van der Waals surface area contributed by atoms with Crippen LogP contribution in [0.15, 0.2) is 52.1 Å². The zero-order valence-corrected chi connectivity index (χ0v) is 19.0. The lowest BCUT2D eigenvalue weighted by atomic mass is 10.1. The van der Waals surface area contributed by atoms with Crippen molar-refractivity contribution in [3.8, 4) is 5.75 Å². The van der Waals surface area contributed by atoms with E-state index in [0.717, 1.165) is 42.3 Å². The summed E-state index contributed by atoms with van der Waals surface area (Å²) in [6.07, 6.45) is 3.90. The second kappa shape index (κ2) is 12.6. The Labute approximate surface area is 190 Å². The molecule has 0 radical (unpaired) electrons. The van der Waals surface area contributed by atoms with Gasteiger partial charge in [0.1, 0.15) is 11.5 Å². The summed E-state index contributed by atoms with van der Waals surface area (Å²) in [7, 11) is 0. The second-order valence-corrected chi connectivity index (χ2v) is 7.57. The number of benzene rings is 1. The Morgan fingerprint density at radius 1 is 1.16 bits per heavy atom. The van der Waals surface area contributed by atoms with Crippen LogP contribution in [-0.2, 0) is 17.7 Å². The third-order valence-electron chi connectivity index (χ3n) is 5.29. The molecule has 1 aromatic heterocycles. The number of aliphatic imine (C=N–C) groups is 1. The number of amides is 1. The number of hydrogen-bond donors (Lipinski definition) is 2. The number of carbonyl (C=O) groups is 1. The summed E-state index contributed by atoms with van der Waals surface area (Å²) < 4.78 is 16.3. The van der Waals surface area contributed by atoms with Crippen molar-refractivity contribution in [1.29, 1.82) is 0 Å². The molecule has 0 atom stereocenters. The maximum absolute atomic E-state index is 12.0. The molecule has 0 bridgehead atoms. The van der Waals surface area contributed by atoms with E-state index >= 15 is 0 Å². The van der Waals surface area contributed by atoms with E-state index in [-0.39, 0.29) is 12.1 Å². The normalized spacial score (nSPS) is 14.8. The fraction of sp³-hybridized carbons (Fsp3) is 0.500. The molecule has 174 valence electrons. The van der Waals surface area contributed by atoms with Crippen LogP contribution in [0.4, 0.5) is 4.79 Å². The number of piperidine rings is 1. The molecule has 1 aliphatic heterocycles. The van der Waals surface area contributed by atoms with Gasteiger partial charge in [0.25, 0.3) is 0 Å². The van der Waals surface area contributed by atoms with Crippen LogP contribution in [0.2, 0.25) is 0 Å². The number of likely N-dealkylation sites (tertiary alicyclic amines) is 1. The summed E-state index contributed by atoms with van der Waals surface area (Å²) in [5.41, 5.74) is 1.04. The van der Waals surface area contributed by atoms with E-state index in [1.54, 1.807) is 11.2 Å². The van der Waals surface area contributed by atoms with E-state index in [1.807, 2.05) is 50.2 Å². The number of furan rings is 1. The van der Waals surface area contributed by atoms with Gasteiger partial charge in [-0.2, -0.15) is 0 Å². The summed E-state index contributed by atoms with van der Waals surface area (Å²) in [6, 6.07) is 12.1. The molecule has 1 amide bonds. The third kappa shape index (κ3) is 7.21. The first-order chi connectivity index (χ1) is 15.7. The van der Waals surface area contributed by atoms with Gasteiger partial charge in [-0.3, -0.25) is 0 Å². The van der Waals surface area contributed by atoms with Gasteiger partial charge in [0.2, 0.25) is 0 Å². The Kier molecular flexibility index (Phi) is 9.28. The van der Waals surface area contributed by atoms with Crippen LogP contribution in [0.25, 0.3) is 0 Å². The molecule has 1 saturated heterocycles. The highest BCUT2D eigenvalue weighted by Gasteiger charge is 2.24. The molecule has 0 unspecified atom stereocenters. The van der Waals surface area contributed by atoms with Gasteiger partial charge in [-0.15, -0.1) is 0 Å². The minimum Gasteiger partial charge on any atom is -0.494 e. The van der Waals surface area contributed by atoms with Crippen LogP contribution in [0, 0.1) is 0 Å². The smallest absolute Gasteiger partial charge is 0.409 e. The van der Waals surface area contributed by atoms with Gasteiger partial charge in [0.15, 0.2) is 5.96 Å². The number of hydrogen-bond acceptors (Lipinski definition) is 5. The molecule has 1 aliphatic rings. The highest BCUT2D eigenvalue weighted by molar-refractivity contribution is 5.80. The number of rotatable bonds is 9. The standard InChI is InChI=1S/C24H34N4O4/c1-3-30-22-10-6-5-8-19(22)18-26-23(25-14-11-21-9-7-17-32-21)27-20-12-15-28(16-13-20)24(29)31-4-2/h5-10,17,20H,3-4,11-16,18H2,1-2H3,(H2,25,26,27). The number of ether oxygens (including phenoxy) is 2. The molecule has 3 rings (SSSR count). The van der Waals surface area contributed by atoms with Crippen LogP contribution in [-0.4, -0.2) is 55.8 Å². The first-order valence-electron chi connectivity index (χ1n) is 11.4. The van der Waals surface area contributed by atoms with Gasteiger partial charge in [-0.05, 0) is 44.9 Å². The van der Waals surface area contributed by atoms with Crippen LogP contribution in [0.5, 0.6) is 5.75 Å². The van der Waals surface area contributed by atoms with E-state index in [4.69, 9.17) is 18.9 Å². The Hall–Kier alpha value is -3.16. The van der Waals surface area contributed by atoms with Crippen LogP contribution in [0.1, 0.15) is 38.0 Å². The van der Waals surface area contributed by atoms with Crippen LogP contribution < -0.4 is 15.4 Å². The number of nitrogens with zero attached hydrogens (tertiary/aromatic N) is 2. The first-order valence-corrected chi connectivity index (χ1v) is 11.4. The zero-order valence-electron chi connectivity index (χ0n) is 19.0. The fourth-order valence-corrected chi connectivity index (χ4v) is 3.62. The number of para-hydroxylation sites is 1. The largest absolute Gasteiger partial charge is 0.494 e. The summed E-state index contributed by atoms with van der Waals surface area (Å²) in [6.45, 7) is 7.37. The lowest BCUT2D eigenvalue weighted by Crippen LogP contribution is -2.50. The predicted octanol–water partition coefficient (Wildman–Crippen LogP) is 3.58. The lowest BCUT2D eigenvalue weighted by Gasteiger charge is -2.32. The van der Waals surface area contributed by atoms with Gasteiger partial charge in [0, 0.05) is 37.7 Å². The van der Waals surface area contributed by atoms with Crippen molar-refractivity contribution < 1.29 is 18.7 Å². The van der Waals surface area contributed by atoms with Crippen molar-refractivity contribution in [2.45, 2.75) is 45.7 Å². The Morgan fingerprint density at radius 3 is 2.69 bits per heavy atom. The third-order valence-corrected chi connectivity index (χ3v) is 5.29. The molecule has 2 heterocycles. The predicted molar refractivity (Wildman–Crippen MR) is 124 cm³/mol. The van der Waals surface area contributed by atoms with E-state index in [1.165, 1.54) is 0 Å². The van der Waals surface area contributed by atoms with Gasteiger partial charge in [-0.1, -0.05) is 18.2 Å².